The smallest absolute Gasteiger partial charge is 0.131 e. The molecule has 0 heterocycles. The minimum absolute atomic E-state index is 0.241. The van der Waals surface area contributed by atoms with Gasteiger partial charge in [-0.25, -0.2) is 4.39 Å². The highest BCUT2D eigenvalue weighted by molar-refractivity contribution is 6.33. The van der Waals surface area contributed by atoms with Gasteiger partial charge in [0.15, 0.2) is 0 Å². The summed E-state index contributed by atoms with van der Waals surface area (Å²) in [5.41, 5.74) is 10.3. The molecule has 0 atom stereocenters. The molecule has 0 radical (unpaired) electrons. The third-order valence-corrected chi connectivity index (χ3v) is 8.22. The summed E-state index contributed by atoms with van der Waals surface area (Å²) in [4.78, 5) is 0. The number of halogens is 2. The Labute approximate surface area is 249 Å². The van der Waals surface area contributed by atoms with Crippen LogP contribution in [-0.4, -0.2) is 0 Å². The van der Waals surface area contributed by atoms with Gasteiger partial charge >= 0.3 is 0 Å². The van der Waals surface area contributed by atoms with Crippen LogP contribution in [0.4, 0.5) is 4.39 Å². The van der Waals surface area contributed by atoms with Crippen molar-refractivity contribution >= 4 is 11.6 Å². The van der Waals surface area contributed by atoms with E-state index in [-0.39, 0.29) is 5.82 Å². The van der Waals surface area contributed by atoms with E-state index in [1.165, 1.54) is 48.8 Å². The molecule has 0 fully saturated rings. The Morgan fingerprint density at radius 2 is 0.902 bits per heavy atom. The van der Waals surface area contributed by atoms with Gasteiger partial charge in [-0.15, -0.1) is 0 Å². The van der Waals surface area contributed by atoms with Crippen molar-refractivity contribution in [3.63, 3.8) is 0 Å². The lowest BCUT2D eigenvalue weighted by molar-refractivity contribution is 0.632. The van der Waals surface area contributed by atoms with Crippen molar-refractivity contribution in [3.05, 3.63) is 131 Å². The fourth-order valence-electron chi connectivity index (χ4n) is 5.37. The van der Waals surface area contributed by atoms with Crippen molar-refractivity contribution < 1.29 is 4.39 Å². The summed E-state index contributed by atoms with van der Waals surface area (Å²) in [5.74, 6) is -0.241. The van der Waals surface area contributed by atoms with E-state index in [0.717, 1.165) is 46.2 Å². The van der Waals surface area contributed by atoms with Crippen LogP contribution in [0.1, 0.15) is 57.1 Å². The number of hydrogen-bond donors (Lipinski definition) is 0. The molecule has 0 N–H and O–H groups in total. The summed E-state index contributed by atoms with van der Waals surface area (Å²) < 4.78 is 15.4. The van der Waals surface area contributed by atoms with Crippen LogP contribution in [0, 0.1) is 5.82 Å². The third-order valence-electron chi connectivity index (χ3n) is 7.91. The van der Waals surface area contributed by atoms with E-state index >= 15 is 4.39 Å². The van der Waals surface area contributed by atoms with E-state index in [1.807, 2.05) is 42.5 Å². The minimum atomic E-state index is -0.241. The number of rotatable bonds is 11. The molecule has 0 bridgehead atoms. The summed E-state index contributed by atoms with van der Waals surface area (Å²) in [6.45, 7) is 4.44. The van der Waals surface area contributed by atoms with Crippen molar-refractivity contribution in [2.24, 2.45) is 0 Å². The first-order chi connectivity index (χ1) is 20.1. The number of benzene rings is 5. The summed E-state index contributed by atoms with van der Waals surface area (Å²) >= 11 is 6.71. The molecule has 0 saturated heterocycles. The maximum absolute atomic E-state index is 15.4. The van der Waals surface area contributed by atoms with Gasteiger partial charge in [0.2, 0.25) is 0 Å². The standard InChI is InChI=1S/C39H38ClF/c1-3-5-7-9-29-10-14-30(15-11-29)31-18-20-33(21-19-31)37-25-23-35(27-39(37)41)34-22-24-36(38(40)26-34)32-16-12-28(13-17-32)8-6-4-2/h10-27H,3-9H2,1-2H3. The van der Waals surface area contributed by atoms with E-state index in [2.05, 4.69) is 74.5 Å². The minimum Gasteiger partial charge on any atom is -0.206 e. The molecule has 0 spiro atoms. The number of hydrogen-bond acceptors (Lipinski definition) is 0. The van der Waals surface area contributed by atoms with Crippen molar-refractivity contribution in [1.29, 1.82) is 0 Å². The first-order valence-electron chi connectivity index (χ1n) is 14.9. The Bertz CT molecular complexity index is 1560. The molecule has 5 rings (SSSR count). The van der Waals surface area contributed by atoms with Crippen LogP contribution in [0.15, 0.2) is 109 Å². The van der Waals surface area contributed by atoms with Gasteiger partial charge in [0.25, 0.3) is 0 Å². The predicted molar refractivity (Wildman–Crippen MR) is 175 cm³/mol. The molecule has 0 amide bonds. The first kappa shape index (κ1) is 28.8. The number of unbranched alkanes of at least 4 members (excludes halogenated alkanes) is 3. The van der Waals surface area contributed by atoms with Crippen LogP contribution in [0.2, 0.25) is 5.02 Å². The highest BCUT2D eigenvalue weighted by atomic mass is 35.5. The summed E-state index contributed by atoms with van der Waals surface area (Å²) in [6.07, 6.45) is 8.37. The molecule has 0 nitrogen and oxygen atoms in total. The van der Waals surface area contributed by atoms with Crippen molar-refractivity contribution in [3.8, 4) is 44.5 Å². The Balaban J connectivity index is 1.29. The van der Waals surface area contributed by atoms with Crippen LogP contribution < -0.4 is 0 Å². The molecule has 0 unspecified atom stereocenters. The molecule has 41 heavy (non-hydrogen) atoms. The highest BCUT2D eigenvalue weighted by Gasteiger charge is 2.11. The Hall–Kier alpha value is -3.68. The molecule has 0 aliphatic heterocycles. The zero-order chi connectivity index (χ0) is 28.6. The summed E-state index contributed by atoms with van der Waals surface area (Å²) in [7, 11) is 0. The van der Waals surface area contributed by atoms with Gasteiger partial charge in [-0.1, -0.05) is 142 Å². The van der Waals surface area contributed by atoms with Gasteiger partial charge in [0.1, 0.15) is 5.82 Å². The largest absolute Gasteiger partial charge is 0.206 e. The molecule has 2 heteroatoms. The van der Waals surface area contributed by atoms with E-state index in [9.17, 15) is 0 Å². The molecular weight excluding hydrogens is 523 g/mol. The highest BCUT2D eigenvalue weighted by Crippen LogP contribution is 2.35. The normalized spacial score (nSPS) is 11.1. The molecule has 0 aliphatic carbocycles. The molecule has 5 aromatic carbocycles. The Morgan fingerprint density at radius 3 is 1.46 bits per heavy atom. The lowest BCUT2D eigenvalue weighted by Gasteiger charge is -2.11. The SMILES string of the molecule is CCCCCc1ccc(-c2ccc(-c3ccc(-c4ccc(-c5ccc(CCCC)cc5)c(Cl)c4)cc3F)cc2)cc1. The second-order valence-electron chi connectivity index (χ2n) is 10.9. The lowest BCUT2D eigenvalue weighted by Crippen LogP contribution is -1.89. The van der Waals surface area contributed by atoms with Gasteiger partial charge in [-0.2, -0.15) is 0 Å². The predicted octanol–water partition coefficient (Wildman–Crippen LogP) is 12.2. The monoisotopic (exact) mass is 560 g/mol. The molecule has 0 aromatic heterocycles. The maximum Gasteiger partial charge on any atom is 0.131 e. The van der Waals surface area contributed by atoms with Crippen molar-refractivity contribution in [2.75, 3.05) is 0 Å². The second-order valence-corrected chi connectivity index (χ2v) is 11.3. The van der Waals surface area contributed by atoms with Crippen LogP contribution in [0.25, 0.3) is 44.5 Å². The van der Waals surface area contributed by atoms with Crippen LogP contribution >= 0.6 is 11.6 Å². The Kier molecular flexibility index (Phi) is 9.70. The molecular formula is C39H38ClF. The van der Waals surface area contributed by atoms with Gasteiger partial charge in [0, 0.05) is 16.1 Å². The topological polar surface area (TPSA) is 0 Å². The van der Waals surface area contributed by atoms with Gasteiger partial charge in [-0.3, -0.25) is 0 Å². The zero-order valence-corrected chi connectivity index (χ0v) is 24.9. The quantitative estimate of drug-likeness (QED) is 0.141. The maximum atomic E-state index is 15.4. The van der Waals surface area contributed by atoms with Crippen LogP contribution in [0.5, 0.6) is 0 Å². The van der Waals surface area contributed by atoms with E-state index < -0.39 is 0 Å². The fraction of sp³-hybridized carbons (Fsp3) is 0.231. The first-order valence-corrected chi connectivity index (χ1v) is 15.3. The van der Waals surface area contributed by atoms with Crippen molar-refractivity contribution in [1.82, 2.24) is 0 Å². The molecule has 5 aromatic rings. The Morgan fingerprint density at radius 1 is 0.463 bits per heavy atom. The lowest BCUT2D eigenvalue weighted by atomic mass is 9.95. The van der Waals surface area contributed by atoms with E-state index in [0.29, 0.717) is 10.6 Å². The van der Waals surface area contributed by atoms with E-state index in [4.69, 9.17) is 11.6 Å². The van der Waals surface area contributed by atoms with Gasteiger partial charge < -0.3 is 0 Å². The van der Waals surface area contributed by atoms with Crippen LogP contribution in [-0.2, 0) is 12.8 Å². The van der Waals surface area contributed by atoms with Crippen LogP contribution in [0.3, 0.4) is 0 Å². The average Bonchev–Trinajstić information content (AvgIpc) is 3.01. The summed E-state index contributed by atoms with van der Waals surface area (Å²) in [6, 6.07) is 37.0. The zero-order valence-electron chi connectivity index (χ0n) is 24.1. The van der Waals surface area contributed by atoms with Gasteiger partial charge in [-0.05, 0) is 82.3 Å². The molecule has 0 saturated carbocycles. The van der Waals surface area contributed by atoms with Gasteiger partial charge in [0.05, 0.1) is 0 Å². The molecule has 208 valence electrons. The average molecular weight is 561 g/mol. The van der Waals surface area contributed by atoms with Crippen molar-refractivity contribution in [2.45, 2.75) is 58.8 Å². The fourth-order valence-corrected chi connectivity index (χ4v) is 5.66. The third kappa shape index (κ3) is 7.16. The summed E-state index contributed by atoms with van der Waals surface area (Å²) in [5, 5.41) is 0.665. The number of aryl methyl sites for hydroxylation is 2. The molecule has 0 aliphatic rings. The van der Waals surface area contributed by atoms with E-state index in [1.54, 1.807) is 6.07 Å². The second kappa shape index (κ2) is 13.8.